The van der Waals surface area contributed by atoms with E-state index in [1.165, 1.54) is 6.07 Å². The van der Waals surface area contributed by atoms with Crippen LogP contribution in [-0.4, -0.2) is 36.2 Å². The molecule has 0 aliphatic heterocycles. The Hall–Kier alpha value is -3.72. The quantitative estimate of drug-likeness (QED) is 0.204. The minimum Gasteiger partial charge on any atom is -0.491 e. The Morgan fingerprint density at radius 1 is 1.03 bits per heavy atom. The summed E-state index contributed by atoms with van der Waals surface area (Å²) in [6, 6.07) is 17.2. The molecule has 3 aromatic carbocycles. The highest BCUT2D eigenvalue weighted by molar-refractivity contribution is 6.33. The predicted octanol–water partition coefficient (Wildman–Crippen LogP) is 7.28. The molecule has 0 aromatic heterocycles. The smallest absolute Gasteiger partial charge is 0.416 e. The summed E-state index contributed by atoms with van der Waals surface area (Å²) in [5.41, 5.74) is 1.62. The van der Waals surface area contributed by atoms with Crippen molar-refractivity contribution in [2.24, 2.45) is 0 Å². The molecule has 3 N–H and O–H groups in total. The monoisotopic (exact) mass is 562 g/mol. The summed E-state index contributed by atoms with van der Waals surface area (Å²) in [7, 11) is 0. The van der Waals surface area contributed by atoms with E-state index < -0.39 is 17.7 Å². The molecule has 0 radical (unpaired) electrons. The third-order valence-electron chi connectivity index (χ3n) is 5.96. The summed E-state index contributed by atoms with van der Waals surface area (Å²) in [4.78, 5) is 22.8. The first-order chi connectivity index (χ1) is 18.6. The normalized spacial score (nSPS) is 12.0. The van der Waals surface area contributed by atoms with Crippen molar-refractivity contribution in [2.75, 3.05) is 18.5 Å². The Bertz CT molecular complexity index is 1250. The molecule has 0 aliphatic carbocycles. The molecule has 1 unspecified atom stereocenters. The first-order valence-electron chi connectivity index (χ1n) is 12.5. The number of halogens is 4. The first kappa shape index (κ1) is 29.8. The molecule has 0 spiro atoms. The van der Waals surface area contributed by atoms with E-state index in [-0.39, 0.29) is 29.9 Å². The maximum absolute atomic E-state index is 12.9. The van der Waals surface area contributed by atoms with Gasteiger partial charge in [-0.3, -0.25) is 9.59 Å². The minimum absolute atomic E-state index is 0.00997. The number of hydrogen-bond acceptors (Lipinski definition) is 4. The summed E-state index contributed by atoms with van der Waals surface area (Å²) in [5.74, 6) is -0.706. The van der Waals surface area contributed by atoms with Crippen molar-refractivity contribution in [3.8, 4) is 16.9 Å². The number of ether oxygens (including phenoxy) is 1. The van der Waals surface area contributed by atoms with Crippen molar-refractivity contribution in [1.82, 2.24) is 5.32 Å². The number of rotatable bonds is 13. The van der Waals surface area contributed by atoms with Crippen molar-refractivity contribution in [2.45, 2.75) is 44.8 Å². The average Bonchev–Trinajstić information content (AvgIpc) is 2.90. The summed E-state index contributed by atoms with van der Waals surface area (Å²) >= 11 is 6.12. The number of nitrogens with one attached hydrogen (secondary N) is 2. The van der Waals surface area contributed by atoms with Gasteiger partial charge in [0, 0.05) is 28.4 Å². The van der Waals surface area contributed by atoms with Gasteiger partial charge in [-0.2, -0.15) is 13.2 Å². The van der Waals surface area contributed by atoms with Crippen LogP contribution >= 0.6 is 11.6 Å². The maximum Gasteiger partial charge on any atom is 0.416 e. The number of hydrogen-bond donors (Lipinski definition) is 3. The van der Waals surface area contributed by atoms with E-state index >= 15 is 0 Å². The minimum atomic E-state index is -4.46. The summed E-state index contributed by atoms with van der Waals surface area (Å²) < 4.78 is 44.8. The van der Waals surface area contributed by atoms with Crippen molar-refractivity contribution in [3.63, 3.8) is 0 Å². The molecule has 39 heavy (non-hydrogen) atoms. The van der Waals surface area contributed by atoms with Crippen LogP contribution < -0.4 is 15.4 Å². The Labute approximate surface area is 230 Å². The van der Waals surface area contributed by atoms with Gasteiger partial charge in [-0.25, -0.2) is 0 Å². The lowest BCUT2D eigenvalue weighted by Crippen LogP contribution is -2.27. The Morgan fingerprint density at radius 2 is 1.72 bits per heavy atom. The van der Waals surface area contributed by atoms with Crippen molar-refractivity contribution >= 4 is 29.2 Å². The molecule has 0 aliphatic rings. The third kappa shape index (κ3) is 9.21. The van der Waals surface area contributed by atoms with Gasteiger partial charge in [0.15, 0.2) is 0 Å². The molecule has 6 nitrogen and oxygen atoms in total. The second-order valence-electron chi connectivity index (χ2n) is 8.99. The largest absolute Gasteiger partial charge is 0.491 e. The van der Waals surface area contributed by atoms with E-state index in [0.717, 1.165) is 37.1 Å². The number of carboxylic acids is 1. The van der Waals surface area contributed by atoms with E-state index in [4.69, 9.17) is 21.4 Å². The van der Waals surface area contributed by atoms with Crippen LogP contribution in [-0.2, 0) is 11.0 Å². The number of benzene rings is 3. The van der Waals surface area contributed by atoms with Gasteiger partial charge in [0.1, 0.15) is 12.4 Å². The van der Waals surface area contributed by atoms with Crippen LogP contribution in [0.4, 0.5) is 18.9 Å². The van der Waals surface area contributed by atoms with Gasteiger partial charge in [-0.15, -0.1) is 0 Å². The second-order valence-corrected chi connectivity index (χ2v) is 9.40. The van der Waals surface area contributed by atoms with Gasteiger partial charge >= 0.3 is 12.1 Å². The first-order valence-corrected chi connectivity index (χ1v) is 12.9. The van der Waals surface area contributed by atoms with E-state index in [1.807, 2.05) is 0 Å². The molecule has 0 fully saturated rings. The van der Waals surface area contributed by atoms with Gasteiger partial charge in [0.05, 0.1) is 18.0 Å². The van der Waals surface area contributed by atoms with Crippen LogP contribution in [0, 0.1) is 0 Å². The number of carbonyl (C=O) groups is 2. The highest BCUT2D eigenvalue weighted by Crippen LogP contribution is 2.36. The number of alkyl halides is 3. The zero-order valence-electron chi connectivity index (χ0n) is 21.4. The van der Waals surface area contributed by atoms with Crippen LogP contribution in [0.2, 0.25) is 5.02 Å². The Balaban J connectivity index is 1.59. The second kappa shape index (κ2) is 13.9. The number of anilines is 1. The molecule has 1 amide bonds. The lowest BCUT2D eigenvalue weighted by Gasteiger charge is -2.21. The van der Waals surface area contributed by atoms with Gasteiger partial charge in [0.2, 0.25) is 0 Å². The fraction of sp³-hybridized carbons (Fsp3) is 0.310. The Kier molecular flexibility index (Phi) is 10.6. The molecule has 0 bridgehead atoms. The molecule has 3 aromatic rings. The highest BCUT2D eigenvalue weighted by atomic mass is 35.5. The Morgan fingerprint density at radius 3 is 2.31 bits per heavy atom. The van der Waals surface area contributed by atoms with Crippen molar-refractivity contribution in [3.05, 3.63) is 82.9 Å². The van der Waals surface area contributed by atoms with E-state index in [0.29, 0.717) is 29.0 Å². The predicted molar refractivity (Wildman–Crippen MR) is 145 cm³/mol. The molecule has 208 valence electrons. The van der Waals surface area contributed by atoms with Gasteiger partial charge in [-0.1, -0.05) is 49.6 Å². The zero-order chi connectivity index (χ0) is 28.4. The van der Waals surface area contributed by atoms with Gasteiger partial charge in [0.25, 0.3) is 5.91 Å². The van der Waals surface area contributed by atoms with Crippen LogP contribution in [0.1, 0.15) is 48.5 Å². The number of carboxylic acid groups (broad SMARTS) is 1. The standard InChI is InChI=1S/C29H30ClF3N2O4/c1-2-3-4-23(35-22-10-5-20(6-11-22)28(38)34-16-15-27(36)37)18-39-24-12-7-19(8-13-24)25-14-9-21(17-26(25)30)29(31,32)33/h5-14,17,23,35H,2-4,15-16,18H2,1H3,(H,34,38)(H,36,37). The SMILES string of the molecule is CCCCC(COc1ccc(-c2ccc(C(F)(F)F)cc2Cl)cc1)Nc1ccc(C(=O)NCCC(=O)O)cc1. The number of carbonyl (C=O) groups excluding carboxylic acids is 1. The molecular formula is C29H30ClF3N2O4. The summed E-state index contributed by atoms with van der Waals surface area (Å²) in [5, 5.41) is 14.7. The molecule has 0 saturated carbocycles. The molecule has 1 atom stereocenters. The average molecular weight is 563 g/mol. The van der Waals surface area contributed by atoms with Crippen molar-refractivity contribution in [1.29, 1.82) is 0 Å². The molecule has 0 saturated heterocycles. The highest BCUT2D eigenvalue weighted by Gasteiger charge is 2.31. The lowest BCUT2D eigenvalue weighted by molar-refractivity contribution is -0.138. The number of unbranched alkanes of at least 4 members (excludes halogenated alkanes) is 1. The van der Waals surface area contributed by atoms with Crippen LogP contribution in [0.25, 0.3) is 11.1 Å². The fourth-order valence-corrected chi connectivity index (χ4v) is 4.13. The summed E-state index contributed by atoms with van der Waals surface area (Å²) in [6.07, 6.45) is -1.75. The van der Waals surface area contributed by atoms with Crippen LogP contribution in [0.3, 0.4) is 0 Å². The van der Waals surface area contributed by atoms with Crippen molar-refractivity contribution < 1.29 is 32.6 Å². The molecular weight excluding hydrogens is 533 g/mol. The number of aliphatic carboxylic acids is 1. The topological polar surface area (TPSA) is 87.7 Å². The van der Waals surface area contributed by atoms with Crippen LogP contribution in [0.5, 0.6) is 5.75 Å². The fourth-order valence-electron chi connectivity index (χ4n) is 3.84. The van der Waals surface area contributed by atoms with Crippen LogP contribution in [0.15, 0.2) is 66.7 Å². The van der Waals surface area contributed by atoms with Gasteiger partial charge in [-0.05, 0) is 60.5 Å². The van der Waals surface area contributed by atoms with Gasteiger partial charge < -0.3 is 20.5 Å². The summed E-state index contributed by atoms with van der Waals surface area (Å²) in [6.45, 7) is 2.53. The number of amides is 1. The zero-order valence-corrected chi connectivity index (χ0v) is 22.1. The third-order valence-corrected chi connectivity index (χ3v) is 6.27. The molecule has 0 heterocycles. The lowest BCUT2D eigenvalue weighted by atomic mass is 10.0. The maximum atomic E-state index is 12.9. The molecule has 3 rings (SSSR count). The van der Waals surface area contributed by atoms with E-state index in [9.17, 15) is 22.8 Å². The van der Waals surface area contributed by atoms with E-state index in [2.05, 4.69) is 17.6 Å². The molecule has 10 heteroatoms. The van der Waals surface area contributed by atoms with E-state index in [1.54, 1.807) is 48.5 Å².